The van der Waals surface area contributed by atoms with Gasteiger partial charge in [0.25, 0.3) is 0 Å². The van der Waals surface area contributed by atoms with Crippen molar-refractivity contribution in [2.45, 2.75) is 25.8 Å². The summed E-state index contributed by atoms with van der Waals surface area (Å²) in [4.78, 5) is 11.3. The second kappa shape index (κ2) is 3.07. The lowest BCUT2D eigenvalue weighted by atomic mass is 9.86. The molecule has 1 aliphatic carbocycles. The van der Waals surface area contributed by atoms with E-state index in [2.05, 4.69) is 0 Å². The van der Waals surface area contributed by atoms with Crippen LogP contribution in [-0.2, 0) is 16.8 Å². The summed E-state index contributed by atoms with van der Waals surface area (Å²) >= 11 is 0. The smallest absolute Gasteiger partial charge is 0.328 e. The highest BCUT2D eigenvalue weighted by Crippen LogP contribution is 2.40. The highest BCUT2D eigenvalue weighted by Gasteiger charge is 2.47. The molecule has 0 aliphatic heterocycles. The van der Waals surface area contributed by atoms with Crippen molar-refractivity contribution in [1.29, 1.82) is 0 Å². The summed E-state index contributed by atoms with van der Waals surface area (Å²) in [5.41, 5.74) is 7.84. The first-order valence-electron chi connectivity index (χ1n) is 5.09. The van der Waals surface area contributed by atoms with Gasteiger partial charge in [0.05, 0.1) is 0 Å². The molecule has 1 aromatic rings. The maximum atomic E-state index is 11.3. The molecule has 2 atom stereocenters. The van der Waals surface area contributed by atoms with Crippen LogP contribution in [0, 0.1) is 12.8 Å². The van der Waals surface area contributed by atoms with Crippen molar-refractivity contribution < 1.29 is 9.90 Å². The minimum Gasteiger partial charge on any atom is -0.480 e. The third kappa shape index (κ3) is 1.20. The van der Waals surface area contributed by atoms with E-state index in [4.69, 9.17) is 5.73 Å². The second-order valence-electron chi connectivity index (χ2n) is 4.38. The molecule has 3 heteroatoms. The number of carbonyl (C=O) groups is 1. The fourth-order valence-electron chi connectivity index (χ4n) is 2.42. The average Bonchev–Trinajstić information content (AvgIpc) is 2.44. The zero-order valence-corrected chi connectivity index (χ0v) is 8.95. The number of carboxylic acids is 1. The van der Waals surface area contributed by atoms with Crippen LogP contribution in [0.15, 0.2) is 18.2 Å². The van der Waals surface area contributed by atoms with Crippen molar-refractivity contribution in [2.75, 3.05) is 0 Å². The van der Waals surface area contributed by atoms with Gasteiger partial charge in [0.1, 0.15) is 5.54 Å². The molecule has 0 saturated carbocycles. The quantitative estimate of drug-likeness (QED) is 0.729. The zero-order chi connectivity index (χ0) is 11.2. The van der Waals surface area contributed by atoms with Crippen LogP contribution in [0.2, 0.25) is 0 Å². The van der Waals surface area contributed by atoms with Gasteiger partial charge in [-0.2, -0.15) is 0 Å². The summed E-state index contributed by atoms with van der Waals surface area (Å²) in [6.45, 7) is 3.90. The molecule has 2 rings (SSSR count). The summed E-state index contributed by atoms with van der Waals surface area (Å²) in [6.07, 6.45) is 0.755. The number of aliphatic carboxylic acids is 1. The Balaban J connectivity index is 2.65. The molecule has 0 fully saturated rings. The fraction of sp³-hybridized carbons (Fsp3) is 0.417. The zero-order valence-electron chi connectivity index (χ0n) is 8.95. The van der Waals surface area contributed by atoms with Crippen molar-refractivity contribution in [3.8, 4) is 0 Å². The van der Waals surface area contributed by atoms with Crippen LogP contribution in [0.3, 0.4) is 0 Å². The molecule has 0 aromatic heterocycles. The van der Waals surface area contributed by atoms with Crippen LogP contribution in [-0.4, -0.2) is 11.1 Å². The Morgan fingerprint density at radius 3 is 2.87 bits per heavy atom. The highest BCUT2D eigenvalue weighted by molar-refractivity contribution is 5.83. The Kier molecular flexibility index (Phi) is 2.08. The van der Waals surface area contributed by atoms with Crippen molar-refractivity contribution >= 4 is 5.97 Å². The van der Waals surface area contributed by atoms with E-state index in [0.717, 1.165) is 23.1 Å². The molecule has 0 bridgehead atoms. The Bertz CT molecular complexity index is 428. The van der Waals surface area contributed by atoms with E-state index < -0.39 is 11.5 Å². The van der Waals surface area contributed by atoms with Crippen LogP contribution < -0.4 is 5.73 Å². The summed E-state index contributed by atoms with van der Waals surface area (Å²) in [5, 5.41) is 9.26. The largest absolute Gasteiger partial charge is 0.480 e. The predicted octanol–water partition coefficient (Wildman–Crippen LogP) is 1.43. The summed E-state index contributed by atoms with van der Waals surface area (Å²) in [5.74, 6) is -0.981. The van der Waals surface area contributed by atoms with Gasteiger partial charge in [0.2, 0.25) is 0 Å². The van der Waals surface area contributed by atoms with Gasteiger partial charge >= 0.3 is 5.97 Å². The van der Waals surface area contributed by atoms with Gasteiger partial charge in [0.15, 0.2) is 0 Å². The molecule has 1 aliphatic rings. The van der Waals surface area contributed by atoms with Crippen LogP contribution in [0.1, 0.15) is 23.6 Å². The highest BCUT2D eigenvalue weighted by atomic mass is 16.4. The second-order valence-corrected chi connectivity index (χ2v) is 4.38. The first-order chi connectivity index (χ1) is 6.98. The van der Waals surface area contributed by atoms with Crippen molar-refractivity contribution in [3.05, 3.63) is 34.9 Å². The average molecular weight is 205 g/mol. The summed E-state index contributed by atoms with van der Waals surface area (Å²) in [6, 6.07) is 5.70. The first-order valence-corrected chi connectivity index (χ1v) is 5.09. The van der Waals surface area contributed by atoms with Gasteiger partial charge in [-0.25, -0.2) is 4.79 Å². The fourth-order valence-corrected chi connectivity index (χ4v) is 2.42. The van der Waals surface area contributed by atoms with Crippen molar-refractivity contribution in [2.24, 2.45) is 11.7 Å². The Morgan fingerprint density at radius 2 is 2.27 bits per heavy atom. The maximum Gasteiger partial charge on any atom is 0.328 e. The Hall–Kier alpha value is -1.35. The van der Waals surface area contributed by atoms with Gasteiger partial charge in [-0.15, -0.1) is 0 Å². The van der Waals surface area contributed by atoms with Crippen molar-refractivity contribution in [1.82, 2.24) is 0 Å². The maximum absolute atomic E-state index is 11.3. The van der Waals surface area contributed by atoms with Gasteiger partial charge < -0.3 is 10.8 Å². The van der Waals surface area contributed by atoms with E-state index in [1.807, 2.05) is 32.0 Å². The molecule has 0 spiro atoms. The van der Waals surface area contributed by atoms with Crippen molar-refractivity contribution in [3.63, 3.8) is 0 Å². The molecule has 0 amide bonds. The molecule has 2 unspecified atom stereocenters. The minimum absolute atomic E-state index is 0.0499. The van der Waals surface area contributed by atoms with E-state index in [-0.39, 0.29) is 5.92 Å². The lowest BCUT2D eigenvalue weighted by Crippen LogP contribution is -2.47. The van der Waals surface area contributed by atoms with E-state index in [9.17, 15) is 9.90 Å². The Morgan fingerprint density at radius 1 is 1.60 bits per heavy atom. The molecule has 3 N–H and O–H groups in total. The minimum atomic E-state index is -1.21. The van der Waals surface area contributed by atoms with Gasteiger partial charge in [-0.05, 0) is 36.0 Å². The molecular formula is C12H15NO2. The molecule has 1 aromatic carbocycles. The molecule has 0 saturated heterocycles. The van der Waals surface area contributed by atoms with Crippen LogP contribution in [0.25, 0.3) is 0 Å². The molecular weight excluding hydrogens is 190 g/mol. The topological polar surface area (TPSA) is 63.3 Å². The number of hydrogen-bond donors (Lipinski definition) is 2. The lowest BCUT2D eigenvalue weighted by molar-refractivity contribution is -0.145. The molecule has 0 heterocycles. The lowest BCUT2D eigenvalue weighted by Gasteiger charge is -2.25. The van der Waals surface area contributed by atoms with E-state index >= 15 is 0 Å². The number of fused-ring (bicyclic) bond motifs is 1. The molecule has 0 radical (unpaired) electrons. The normalized spacial score (nSPS) is 28.9. The number of aryl methyl sites for hydroxylation is 1. The van der Waals surface area contributed by atoms with Gasteiger partial charge in [0, 0.05) is 0 Å². The number of hydrogen-bond acceptors (Lipinski definition) is 2. The van der Waals surface area contributed by atoms with Crippen LogP contribution >= 0.6 is 0 Å². The number of rotatable bonds is 1. The predicted molar refractivity (Wildman–Crippen MR) is 57.5 cm³/mol. The number of benzene rings is 1. The third-order valence-electron chi connectivity index (χ3n) is 3.50. The summed E-state index contributed by atoms with van der Waals surface area (Å²) < 4.78 is 0. The van der Waals surface area contributed by atoms with E-state index in [1.54, 1.807) is 0 Å². The van der Waals surface area contributed by atoms with E-state index in [1.165, 1.54) is 0 Å². The molecule has 15 heavy (non-hydrogen) atoms. The molecule has 3 nitrogen and oxygen atoms in total. The Labute approximate surface area is 88.9 Å². The summed E-state index contributed by atoms with van der Waals surface area (Å²) in [7, 11) is 0. The monoisotopic (exact) mass is 205 g/mol. The molecule has 80 valence electrons. The first kappa shape index (κ1) is 10.2. The third-order valence-corrected chi connectivity index (χ3v) is 3.50. The number of carboxylic acid groups (broad SMARTS) is 1. The van der Waals surface area contributed by atoms with Gasteiger partial charge in [-0.1, -0.05) is 25.1 Å². The van der Waals surface area contributed by atoms with Crippen LogP contribution in [0.5, 0.6) is 0 Å². The standard InChI is InChI=1S/C12H15NO2/c1-7-4-3-5-10-9(7)6-8(2)12(10,13)11(14)15/h3-5,8H,6,13H2,1-2H3,(H,14,15). The number of nitrogens with two attached hydrogens (primary N) is 1. The van der Waals surface area contributed by atoms with Crippen LogP contribution in [0.4, 0.5) is 0 Å². The SMILES string of the molecule is Cc1cccc2c1CC(C)C2(N)C(=O)O. The van der Waals surface area contributed by atoms with Gasteiger partial charge in [-0.3, -0.25) is 0 Å². The van der Waals surface area contributed by atoms with E-state index in [0.29, 0.717) is 0 Å².